The number of methoxy groups -OCH3 is 1. The van der Waals surface area contributed by atoms with E-state index in [9.17, 15) is 5.11 Å². The van der Waals surface area contributed by atoms with Gasteiger partial charge in [-0.05, 0) is 55.0 Å². The predicted molar refractivity (Wildman–Crippen MR) is 104 cm³/mol. The Morgan fingerprint density at radius 3 is 2.62 bits per heavy atom. The van der Waals surface area contributed by atoms with Crippen molar-refractivity contribution in [3.8, 4) is 34.1 Å². The highest BCUT2D eigenvalue weighted by Crippen LogP contribution is 2.37. The first-order valence-electron chi connectivity index (χ1n) is 8.19. The van der Waals surface area contributed by atoms with Crippen molar-refractivity contribution in [2.45, 2.75) is 6.92 Å². The van der Waals surface area contributed by atoms with Gasteiger partial charge in [-0.3, -0.25) is 4.40 Å². The Morgan fingerprint density at radius 1 is 1.04 bits per heavy atom. The number of rotatable bonds is 3. The maximum Gasteiger partial charge on any atom is 0.149 e. The maximum atomic E-state index is 10.4. The molecule has 1 N–H and O–H groups in total. The van der Waals surface area contributed by atoms with Crippen LogP contribution in [0.15, 0.2) is 60.8 Å². The third-order valence-corrected chi connectivity index (χ3v) is 4.60. The summed E-state index contributed by atoms with van der Waals surface area (Å²) in [5.74, 6) is 1.49. The number of phenols is 1. The van der Waals surface area contributed by atoms with Crippen molar-refractivity contribution >= 4 is 17.1 Å². The van der Waals surface area contributed by atoms with Crippen LogP contribution in [0.5, 0.6) is 11.5 Å². The van der Waals surface area contributed by atoms with Gasteiger partial charge in [-0.15, -0.1) is 0 Å². The molecule has 0 saturated carbocycles. The van der Waals surface area contributed by atoms with Crippen LogP contribution in [0.4, 0.5) is 0 Å². The third-order valence-electron chi connectivity index (χ3n) is 4.36. The highest BCUT2D eigenvalue weighted by Gasteiger charge is 2.19. The standard InChI is InChI=1S/C21H17ClN2O2/c1-13-9-10-24-17(11-13)20(16-5-3-4-6-19(16)26-2)23-21(24)15-8-7-14(22)12-18(15)25/h3-12,25H,1-2H3. The van der Waals surface area contributed by atoms with Crippen LogP contribution in [-0.4, -0.2) is 21.6 Å². The lowest BCUT2D eigenvalue weighted by Crippen LogP contribution is -1.90. The fourth-order valence-electron chi connectivity index (χ4n) is 3.11. The first kappa shape index (κ1) is 16.5. The summed E-state index contributed by atoms with van der Waals surface area (Å²) in [7, 11) is 1.65. The number of hydrogen-bond acceptors (Lipinski definition) is 3. The van der Waals surface area contributed by atoms with E-state index < -0.39 is 0 Å². The number of halogens is 1. The molecule has 5 heteroatoms. The monoisotopic (exact) mass is 364 g/mol. The Bertz CT molecular complexity index is 1120. The number of aryl methyl sites for hydroxylation is 1. The van der Waals surface area contributed by atoms with Crippen molar-refractivity contribution in [3.63, 3.8) is 0 Å². The number of nitrogens with zero attached hydrogens (tertiary/aromatic N) is 2. The second-order valence-corrected chi connectivity index (χ2v) is 6.54. The average Bonchev–Trinajstić information content (AvgIpc) is 3.00. The minimum Gasteiger partial charge on any atom is -0.507 e. The lowest BCUT2D eigenvalue weighted by Gasteiger charge is -2.06. The zero-order chi connectivity index (χ0) is 18.3. The molecule has 2 heterocycles. The number of aromatic nitrogens is 2. The highest BCUT2D eigenvalue weighted by atomic mass is 35.5. The van der Waals surface area contributed by atoms with Gasteiger partial charge in [0.1, 0.15) is 23.0 Å². The molecule has 0 atom stereocenters. The van der Waals surface area contributed by atoms with Crippen molar-refractivity contribution < 1.29 is 9.84 Å². The molecule has 0 aliphatic carbocycles. The third kappa shape index (κ3) is 2.68. The molecule has 26 heavy (non-hydrogen) atoms. The molecule has 0 bridgehead atoms. The summed E-state index contributed by atoms with van der Waals surface area (Å²) in [6.45, 7) is 2.04. The molecular weight excluding hydrogens is 348 g/mol. The summed E-state index contributed by atoms with van der Waals surface area (Å²) in [6, 6.07) is 16.9. The van der Waals surface area contributed by atoms with E-state index >= 15 is 0 Å². The molecule has 2 aromatic heterocycles. The number of benzene rings is 2. The van der Waals surface area contributed by atoms with E-state index in [-0.39, 0.29) is 5.75 Å². The lowest BCUT2D eigenvalue weighted by atomic mass is 10.1. The molecule has 0 spiro atoms. The number of ether oxygens (including phenoxy) is 1. The Morgan fingerprint density at radius 2 is 1.85 bits per heavy atom. The van der Waals surface area contributed by atoms with Gasteiger partial charge in [0, 0.05) is 16.8 Å². The normalized spacial score (nSPS) is 11.0. The zero-order valence-corrected chi connectivity index (χ0v) is 15.2. The van der Waals surface area contributed by atoms with Gasteiger partial charge in [0.15, 0.2) is 0 Å². The molecule has 0 radical (unpaired) electrons. The number of aromatic hydroxyl groups is 1. The van der Waals surface area contributed by atoms with E-state index in [2.05, 4.69) is 6.07 Å². The van der Waals surface area contributed by atoms with E-state index in [1.165, 1.54) is 6.07 Å². The molecule has 4 aromatic rings. The largest absolute Gasteiger partial charge is 0.507 e. The number of pyridine rings is 1. The van der Waals surface area contributed by atoms with Gasteiger partial charge < -0.3 is 9.84 Å². The van der Waals surface area contributed by atoms with Crippen molar-refractivity contribution in [1.82, 2.24) is 9.38 Å². The second kappa shape index (κ2) is 6.39. The first-order chi connectivity index (χ1) is 12.6. The number of para-hydroxylation sites is 1. The molecule has 0 saturated heterocycles. The zero-order valence-electron chi connectivity index (χ0n) is 14.4. The minimum absolute atomic E-state index is 0.0940. The quantitative estimate of drug-likeness (QED) is 0.533. The van der Waals surface area contributed by atoms with E-state index in [4.69, 9.17) is 21.3 Å². The summed E-state index contributed by atoms with van der Waals surface area (Å²) in [5.41, 5.74) is 4.39. The fourth-order valence-corrected chi connectivity index (χ4v) is 3.28. The van der Waals surface area contributed by atoms with Crippen LogP contribution in [-0.2, 0) is 0 Å². The summed E-state index contributed by atoms with van der Waals surface area (Å²) in [6.07, 6.45) is 1.96. The fraction of sp³-hybridized carbons (Fsp3) is 0.0952. The first-order valence-corrected chi connectivity index (χ1v) is 8.57. The molecular formula is C21H17ClN2O2. The van der Waals surface area contributed by atoms with E-state index in [1.54, 1.807) is 19.2 Å². The van der Waals surface area contributed by atoms with Crippen LogP contribution in [0.3, 0.4) is 0 Å². The molecule has 2 aromatic carbocycles. The van der Waals surface area contributed by atoms with Gasteiger partial charge >= 0.3 is 0 Å². The molecule has 0 unspecified atom stereocenters. The number of imidazole rings is 1. The highest BCUT2D eigenvalue weighted by molar-refractivity contribution is 6.30. The van der Waals surface area contributed by atoms with Crippen molar-refractivity contribution in [2.75, 3.05) is 7.11 Å². The molecule has 0 aliphatic rings. The van der Waals surface area contributed by atoms with E-state index in [1.807, 2.05) is 47.9 Å². The Hall–Kier alpha value is -2.98. The Balaban J connectivity index is 2.05. The van der Waals surface area contributed by atoms with Gasteiger partial charge in [-0.2, -0.15) is 0 Å². The smallest absolute Gasteiger partial charge is 0.149 e. The molecule has 0 fully saturated rings. The van der Waals surface area contributed by atoms with Gasteiger partial charge in [0.25, 0.3) is 0 Å². The van der Waals surface area contributed by atoms with Gasteiger partial charge in [0.05, 0.1) is 18.2 Å². The topological polar surface area (TPSA) is 46.8 Å². The molecule has 4 rings (SSSR count). The van der Waals surface area contributed by atoms with Crippen molar-refractivity contribution in [2.24, 2.45) is 0 Å². The number of fused-ring (bicyclic) bond motifs is 1. The molecule has 0 amide bonds. The van der Waals surface area contributed by atoms with Crippen LogP contribution in [0, 0.1) is 6.92 Å². The summed E-state index contributed by atoms with van der Waals surface area (Å²) >= 11 is 5.98. The lowest BCUT2D eigenvalue weighted by molar-refractivity contribution is 0.416. The SMILES string of the molecule is COc1ccccc1-c1nc(-c2ccc(Cl)cc2O)n2ccc(C)cc12. The van der Waals surface area contributed by atoms with E-state index in [0.29, 0.717) is 16.4 Å². The minimum atomic E-state index is 0.0940. The van der Waals surface area contributed by atoms with Crippen LogP contribution < -0.4 is 4.74 Å². The van der Waals surface area contributed by atoms with Crippen molar-refractivity contribution in [1.29, 1.82) is 0 Å². The summed E-state index contributed by atoms with van der Waals surface area (Å²) < 4.78 is 7.49. The van der Waals surface area contributed by atoms with Crippen LogP contribution >= 0.6 is 11.6 Å². The molecule has 130 valence electrons. The second-order valence-electron chi connectivity index (χ2n) is 6.11. The Labute approximate surface area is 156 Å². The van der Waals surface area contributed by atoms with Crippen molar-refractivity contribution in [3.05, 3.63) is 71.4 Å². The maximum absolute atomic E-state index is 10.4. The average molecular weight is 365 g/mol. The van der Waals surface area contributed by atoms with Gasteiger partial charge in [-0.25, -0.2) is 4.98 Å². The molecule has 4 nitrogen and oxygen atoms in total. The predicted octanol–water partition coefficient (Wildman–Crippen LogP) is 5.34. The number of hydrogen-bond donors (Lipinski definition) is 1. The summed E-state index contributed by atoms with van der Waals surface area (Å²) in [5, 5.41) is 10.9. The Kier molecular flexibility index (Phi) is 4.05. The van der Waals surface area contributed by atoms with Gasteiger partial charge in [0.2, 0.25) is 0 Å². The molecule has 0 aliphatic heterocycles. The van der Waals surface area contributed by atoms with Crippen LogP contribution in [0.2, 0.25) is 5.02 Å². The van der Waals surface area contributed by atoms with Crippen LogP contribution in [0.1, 0.15) is 5.56 Å². The van der Waals surface area contributed by atoms with Crippen LogP contribution in [0.25, 0.3) is 28.2 Å². The summed E-state index contributed by atoms with van der Waals surface area (Å²) in [4.78, 5) is 4.85. The van der Waals surface area contributed by atoms with Gasteiger partial charge in [-0.1, -0.05) is 23.7 Å². The van der Waals surface area contributed by atoms with E-state index in [0.717, 1.165) is 28.1 Å². The number of phenolic OH excluding ortho intramolecular Hbond substituents is 1.